The van der Waals surface area contributed by atoms with E-state index in [0.29, 0.717) is 5.92 Å². The minimum atomic E-state index is 0.103. The van der Waals surface area contributed by atoms with E-state index in [9.17, 15) is 0 Å². The Morgan fingerprint density at radius 3 is 3.15 bits per heavy atom. The molecule has 2 heterocycles. The Morgan fingerprint density at radius 1 is 1.45 bits per heavy atom. The average molecular weight is 288 g/mol. The van der Waals surface area contributed by atoms with Crippen LogP contribution in [0.15, 0.2) is 35.5 Å². The van der Waals surface area contributed by atoms with Gasteiger partial charge in [-0.1, -0.05) is 25.1 Å². The van der Waals surface area contributed by atoms with E-state index in [1.54, 1.807) is 6.33 Å². The lowest BCUT2D eigenvalue weighted by atomic mass is 9.92. The molecule has 1 aliphatic rings. The van der Waals surface area contributed by atoms with Crippen molar-refractivity contribution in [3.05, 3.63) is 42.0 Å². The van der Waals surface area contributed by atoms with Crippen LogP contribution in [0.3, 0.4) is 0 Å². The Labute approximate surface area is 123 Å². The summed E-state index contributed by atoms with van der Waals surface area (Å²) in [5.74, 6) is 2.50. The molecule has 0 spiro atoms. The number of thioether (sulfide) groups is 1. The van der Waals surface area contributed by atoms with E-state index in [1.165, 1.54) is 10.5 Å². The molecule has 0 fully saturated rings. The Balaban J connectivity index is 1.74. The molecule has 4 nitrogen and oxygen atoms in total. The fraction of sp³-hybridized carbons (Fsp3) is 0.467. The molecule has 0 amide bonds. The third-order valence-corrected chi connectivity index (χ3v) is 5.01. The van der Waals surface area contributed by atoms with Crippen LogP contribution < -0.4 is 5.73 Å². The molecular formula is C15H20N4S. The largest absolute Gasteiger partial charge is 0.327 e. The number of aromatic nitrogens is 3. The van der Waals surface area contributed by atoms with Crippen LogP contribution in [0.2, 0.25) is 0 Å². The van der Waals surface area contributed by atoms with Crippen molar-refractivity contribution in [3.8, 4) is 0 Å². The Bertz CT molecular complexity index is 581. The highest BCUT2D eigenvalue weighted by atomic mass is 32.2. The second-order valence-electron chi connectivity index (χ2n) is 5.22. The standard InChI is InChI=1S/C15H20N4S/c1-2-7-19-15(17-10-18-19)8-13(16)12-9-20-14-6-4-3-5-11(12)14/h3-6,10,12-13H,2,7-9,16H2,1H3. The summed E-state index contributed by atoms with van der Waals surface area (Å²) in [6.45, 7) is 3.06. The lowest BCUT2D eigenvalue weighted by Crippen LogP contribution is -2.32. The number of hydrogen-bond acceptors (Lipinski definition) is 4. The molecule has 20 heavy (non-hydrogen) atoms. The molecule has 106 valence electrons. The van der Waals surface area contributed by atoms with Crippen molar-refractivity contribution in [1.82, 2.24) is 14.8 Å². The maximum Gasteiger partial charge on any atom is 0.138 e. The second kappa shape index (κ2) is 5.97. The second-order valence-corrected chi connectivity index (χ2v) is 6.28. The van der Waals surface area contributed by atoms with Gasteiger partial charge in [-0.2, -0.15) is 5.10 Å². The lowest BCUT2D eigenvalue weighted by molar-refractivity contribution is 0.511. The van der Waals surface area contributed by atoms with E-state index < -0.39 is 0 Å². The van der Waals surface area contributed by atoms with E-state index in [0.717, 1.165) is 31.0 Å². The van der Waals surface area contributed by atoms with E-state index in [-0.39, 0.29) is 6.04 Å². The van der Waals surface area contributed by atoms with Gasteiger partial charge >= 0.3 is 0 Å². The monoisotopic (exact) mass is 288 g/mol. The third kappa shape index (κ3) is 2.60. The van der Waals surface area contributed by atoms with Crippen molar-refractivity contribution in [2.75, 3.05) is 5.75 Å². The first-order valence-electron chi connectivity index (χ1n) is 7.13. The number of rotatable bonds is 5. The van der Waals surface area contributed by atoms with E-state index in [2.05, 4.69) is 41.3 Å². The molecule has 1 aliphatic heterocycles. The van der Waals surface area contributed by atoms with Gasteiger partial charge < -0.3 is 5.73 Å². The Kier molecular flexibility index (Phi) is 4.08. The van der Waals surface area contributed by atoms with Crippen LogP contribution in [0.25, 0.3) is 0 Å². The predicted molar refractivity (Wildman–Crippen MR) is 81.9 cm³/mol. The highest BCUT2D eigenvalue weighted by Crippen LogP contribution is 2.40. The number of nitrogens with zero attached hydrogens (tertiary/aromatic N) is 3. The van der Waals surface area contributed by atoms with Gasteiger partial charge in [0.1, 0.15) is 12.2 Å². The van der Waals surface area contributed by atoms with Crippen molar-refractivity contribution >= 4 is 11.8 Å². The molecule has 0 radical (unpaired) electrons. The first-order valence-corrected chi connectivity index (χ1v) is 8.12. The smallest absolute Gasteiger partial charge is 0.138 e. The van der Waals surface area contributed by atoms with Gasteiger partial charge in [0, 0.05) is 35.6 Å². The summed E-state index contributed by atoms with van der Waals surface area (Å²) in [4.78, 5) is 5.74. The fourth-order valence-electron chi connectivity index (χ4n) is 2.74. The molecule has 0 aliphatic carbocycles. The van der Waals surface area contributed by atoms with Gasteiger partial charge in [0.25, 0.3) is 0 Å². The summed E-state index contributed by atoms with van der Waals surface area (Å²) < 4.78 is 1.98. The highest BCUT2D eigenvalue weighted by molar-refractivity contribution is 7.99. The van der Waals surface area contributed by atoms with Crippen molar-refractivity contribution in [3.63, 3.8) is 0 Å². The molecule has 3 rings (SSSR count). The lowest BCUT2D eigenvalue weighted by Gasteiger charge is -2.19. The van der Waals surface area contributed by atoms with Crippen LogP contribution in [-0.2, 0) is 13.0 Å². The minimum Gasteiger partial charge on any atom is -0.327 e. The molecule has 1 aromatic heterocycles. The average Bonchev–Trinajstić information content (AvgIpc) is 3.06. The summed E-state index contributed by atoms with van der Waals surface area (Å²) >= 11 is 1.91. The fourth-order valence-corrected chi connectivity index (χ4v) is 4.09. The van der Waals surface area contributed by atoms with Gasteiger partial charge in [-0.05, 0) is 18.1 Å². The molecule has 2 atom stereocenters. The summed E-state index contributed by atoms with van der Waals surface area (Å²) in [5.41, 5.74) is 7.85. The number of hydrogen-bond donors (Lipinski definition) is 1. The highest BCUT2D eigenvalue weighted by Gasteiger charge is 2.28. The molecule has 2 unspecified atom stereocenters. The third-order valence-electron chi connectivity index (χ3n) is 3.80. The summed E-state index contributed by atoms with van der Waals surface area (Å²) in [6.07, 6.45) is 3.49. The van der Waals surface area contributed by atoms with E-state index in [1.807, 2.05) is 16.4 Å². The van der Waals surface area contributed by atoms with Crippen LogP contribution in [0, 0.1) is 0 Å². The molecule has 2 N–H and O–H groups in total. The molecule has 0 bridgehead atoms. The topological polar surface area (TPSA) is 56.7 Å². The normalized spacial score (nSPS) is 19.0. The van der Waals surface area contributed by atoms with Crippen LogP contribution in [-0.4, -0.2) is 26.6 Å². The van der Waals surface area contributed by atoms with Crippen LogP contribution in [0.4, 0.5) is 0 Å². The molecule has 0 saturated heterocycles. The molecular weight excluding hydrogens is 268 g/mol. The maximum atomic E-state index is 6.46. The Hall–Kier alpha value is -1.33. The van der Waals surface area contributed by atoms with Gasteiger partial charge in [-0.25, -0.2) is 4.98 Å². The van der Waals surface area contributed by atoms with Crippen molar-refractivity contribution in [2.24, 2.45) is 5.73 Å². The molecule has 1 aromatic carbocycles. The number of aryl methyl sites for hydroxylation is 1. The van der Waals surface area contributed by atoms with Crippen molar-refractivity contribution in [2.45, 2.75) is 43.2 Å². The summed E-state index contributed by atoms with van der Waals surface area (Å²) in [5, 5.41) is 4.27. The Morgan fingerprint density at radius 2 is 2.30 bits per heavy atom. The first-order chi connectivity index (χ1) is 9.79. The molecule has 2 aromatic rings. The zero-order valence-electron chi connectivity index (χ0n) is 11.7. The SMILES string of the molecule is CCCn1ncnc1CC(N)C1CSc2ccccc21. The maximum absolute atomic E-state index is 6.46. The van der Waals surface area contributed by atoms with Crippen LogP contribution in [0.5, 0.6) is 0 Å². The zero-order valence-corrected chi connectivity index (χ0v) is 12.5. The van der Waals surface area contributed by atoms with Crippen molar-refractivity contribution in [1.29, 1.82) is 0 Å². The summed E-state index contributed by atoms with van der Waals surface area (Å²) in [7, 11) is 0. The van der Waals surface area contributed by atoms with Gasteiger partial charge in [0.05, 0.1) is 0 Å². The van der Waals surface area contributed by atoms with Crippen molar-refractivity contribution < 1.29 is 0 Å². The number of benzene rings is 1. The zero-order chi connectivity index (χ0) is 13.9. The molecule has 0 saturated carbocycles. The number of fused-ring (bicyclic) bond motifs is 1. The van der Waals surface area contributed by atoms with E-state index in [4.69, 9.17) is 5.73 Å². The predicted octanol–water partition coefficient (Wildman–Crippen LogP) is 2.45. The summed E-state index contributed by atoms with van der Waals surface area (Å²) in [6, 6.07) is 8.69. The minimum absolute atomic E-state index is 0.103. The van der Waals surface area contributed by atoms with Gasteiger partial charge in [-0.15, -0.1) is 11.8 Å². The van der Waals surface area contributed by atoms with Gasteiger partial charge in [0.15, 0.2) is 0 Å². The van der Waals surface area contributed by atoms with Crippen LogP contribution in [0.1, 0.15) is 30.7 Å². The van der Waals surface area contributed by atoms with Gasteiger partial charge in [-0.3, -0.25) is 4.68 Å². The van der Waals surface area contributed by atoms with Crippen LogP contribution >= 0.6 is 11.8 Å². The number of nitrogens with two attached hydrogens (primary N) is 1. The molecule has 5 heteroatoms. The van der Waals surface area contributed by atoms with E-state index >= 15 is 0 Å². The first kappa shape index (κ1) is 13.6. The quantitative estimate of drug-likeness (QED) is 0.918. The van der Waals surface area contributed by atoms with Gasteiger partial charge in [0.2, 0.25) is 0 Å².